The van der Waals surface area contributed by atoms with Crippen LogP contribution in [-0.4, -0.2) is 23.5 Å². The van der Waals surface area contributed by atoms with Gasteiger partial charge in [0.1, 0.15) is 0 Å². The van der Waals surface area contributed by atoms with E-state index in [1.807, 2.05) is 36.0 Å². The lowest BCUT2D eigenvalue weighted by Crippen LogP contribution is -2.17. The van der Waals surface area contributed by atoms with Crippen molar-refractivity contribution in [3.05, 3.63) is 30.0 Å². The van der Waals surface area contributed by atoms with E-state index in [4.69, 9.17) is 10.5 Å². The number of nitrogens with zero attached hydrogens (tertiary/aromatic N) is 2. The van der Waals surface area contributed by atoms with Crippen LogP contribution in [0.2, 0.25) is 0 Å². The van der Waals surface area contributed by atoms with Gasteiger partial charge in [-0.2, -0.15) is 5.10 Å². The lowest BCUT2D eigenvalue weighted by molar-refractivity contribution is 0.180. The SMILES string of the molecule is COCC(N)c1nn(C)c2ccccc12. The first-order valence-electron chi connectivity index (χ1n) is 4.90. The average Bonchev–Trinajstić information content (AvgIpc) is 2.58. The number of hydrogen-bond donors (Lipinski definition) is 1. The molecule has 0 spiro atoms. The molecule has 4 heteroatoms. The maximum absolute atomic E-state index is 5.98. The molecule has 15 heavy (non-hydrogen) atoms. The lowest BCUT2D eigenvalue weighted by atomic mass is 10.1. The van der Waals surface area contributed by atoms with Gasteiger partial charge in [-0.1, -0.05) is 18.2 Å². The molecule has 0 bridgehead atoms. The van der Waals surface area contributed by atoms with E-state index in [1.54, 1.807) is 7.11 Å². The molecule has 0 aliphatic carbocycles. The molecule has 0 amide bonds. The third-order valence-corrected chi connectivity index (χ3v) is 2.48. The summed E-state index contributed by atoms with van der Waals surface area (Å²) in [6.07, 6.45) is 0. The highest BCUT2D eigenvalue weighted by Gasteiger charge is 2.14. The molecule has 4 nitrogen and oxygen atoms in total. The van der Waals surface area contributed by atoms with Crippen molar-refractivity contribution in [3.63, 3.8) is 0 Å². The van der Waals surface area contributed by atoms with Crippen molar-refractivity contribution in [3.8, 4) is 0 Å². The van der Waals surface area contributed by atoms with E-state index < -0.39 is 0 Å². The van der Waals surface area contributed by atoms with Crippen LogP contribution in [0.3, 0.4) is 0 Å². The molecule has 0 saturated carbocycles. The first kappa shape index (κ1) is 10.1. The summed E-state index contributed by atoms with van der Waals surface area (Å²) in [5, 5.41) is 5.52. The summed E-state index contributed by atoms with van der Waals surface area (Å²) in [7, 11) is 3.57. The maximum atomic E-state index is 5.98. The van der Waals surface area contributed by atoms with Crippen molar-refractivity contribution in [2.75, 3.05) is 13.7 Å². The Kier molecular flexibility index (Phi) is 2.70. The summed E-state index contributed by atoms with van der Waals surface area (Å²) in [4.78, 5) is 0. The Labute approximate surface area is 88.6 Å². The second kappa shape index (κ2) is 4.00. The molecule has 80 valence electrons. The minimum atomic E-state index is -0.166. The molecule has 0 fully saturated rings. The van der Waals surface area contributed by atoms with Crippen LogP contribution in [0.15, 0.2) is 24.3 Å². The van der Waals surface area contributed by atoms with E-state index in [9.17, 15) is 0 Å². The molecule has 1 unspecified atom stereocenters. The Bertz CT molecular complexity index is 464. The van der Waals surface area contributed by atoms with E-state index in [1.165, 1.54) is 0 Å². The van der Waals surface area contributed by atoms with Crippen molar-refractivity contribution in [1.82, 2.24) is 9.78 Å². The van der Waals surface area contributed by atoms with E-state index >= 15 is 0 Å². The molecule has 1 heterocycles. The first-order valence-corrected chi connectivity index (χ1v) is 4.90. The smallest absolute Gasteiger partial charge is 0.0893 e. The minimum Gasteiger partial charge on any atom is -0.383 e. The van der Waals surface area contributed by atoms with Gasteiger partial charge in [-0.05, 0) is 6.07 Å². The molecule has 0 radical (unpaired) electrons. The number of nitrogens with two attached hydrogens (primary N) is 1. The number of aromatic nitrogens is 2. The van der Waals surface area contributed by atoms with E-state index in [-0.39, 0.29) is 6.04 Å². The monoisotopic (exact) mass is 205 g/mol. The fourth-order valence-corrected chi connectivity index (χ4v) is 1.77. The Morgan fingerprint density at radius 2 is 2.20 bits per heavy atom. The van der Waals surface area contributed by atoms with Crippen molar-refractivity contribution < 1.29 is 4.74 Å². The number of benzene rings is 1. The number of hydrogen-bond acceptors (Lipinski definition) is 3. The van der Waals surface area contributed by atoms with Gasteiger partial charge in [0, 0.05) is 19.5 Å². The molecule has 1 atom stereocenters. The Morgan fingerprint density at radius 3 is 2.93 bits per heavy atom. The van der Waals surface area contributed by atoms with Gasteiger partial charge in [-0.25, -0.2) is 0 Å². The Balaban J connectivity index is 2.52. The highest BCUT2D eigenvalue weighted by molar-refractivity contribution is 5.82. The van der Waals surface area contributed by atoms with Gasteiger partial charge < -0.3 is 10.5 Å². The number of fused-ring (bicyclic) bond motifs is 1. The van der Waals surface area contributed by atoms with Gasteiger partial charge >= 0.3 is 0 Å². The summed E-state index contributed by atoms with van der Waals surface area (Å²) < 4.78 is 6.89. The van der Waals surface area contributed by atoms with Crippen LogP contribution in [0.5, 0.6) is 0 Å². The highest BCUT2D eigenvalue weighted by Crippen LogP contribution is 2.21. The molecule has 0 saturated heterocycles. The number of methoxy groups -OCH3 is 1. The third kappa shape index (κ3) is 1.73. The predicted molar refractivity (Wildman–Crippen MR) is 59.5 cm³/mol. The van der Waals surface area contributed by atoms with E-state index in [0.717, 1.165) is 16.6 Å². The Morgan fingerprint density at radius 1 is 1.47 bits per heavy atom. The van der Waals surface area contributed by atoms with Crippen molar-refractivity contribution in [2.24, 2.45) is 12.8 Å². The molecule has 2 N–H and O–H groups in total. The van der Waals surface area contributed by atoms with E-state index in [2.05, 4.69) is 5.10 Å². The van der Waals surface area contributed by atoms with E-state index in [0.29, 0.717) is 6.61 Å². The molecular formula is C11H15N3O. The summed E-state index contributed by atoms with van der Waals surface area (Å²) in [6, 6.07) is 7.89. The molecule has 1 aromatic heterocycles. The van der Waals surface area contributed by atoms with Gasteiger partial charge in [0.15, 0.2) is 0 Å². The number of ether oxygens (including phenoxy) is 1. The maximum Gasteiger partial charge on any atom is 0.0893 e. The summed E-state index contributed by atoms with van der Waals surface area (Å²) in [5.74, 6) is 0. The zero-order chi connectivity index (χ0) is 10.8. The molecular weight excluding hydrogens is 190 g/mol. The normalized spacial score (nSPS) is 13.3. The van der Waals surface area contributed by atoms with Crippen molar-refractivity contribution >= 4 is 10.9 Å². The van der Waals surface area contributed by atoms with Gasteiger partial charge in [0.2, 0.25) is 0 Å². The van der Waals surface area contributed by atoms with Gasteiger partial charge in [-0.15, -0.1) is 0 Å². The second-order valence-electron chi connectivity index (χ2n) is 3.59. The molecule has 0 aliphatic heterocycles. The van der Waals surface area contributed by atoms with Crippen molar-refractivity contribution in [1.29, 1.82) is 0 Å². The van der Waals surface area contributed by atoms with Gasteiger partial charge in [-0.3, -0.25) is 4.68 Å². The fraction of sp³-hybridized carbons (Fsp3) is 0.364. The van der Waals surface area contributed by atoms with Crippen molar-refractivity contribution in [2.45, 2.75) is 6.04 Å². The molecule has 0 aliphatic rings. The third-order valence-electron chi connectivity index (χ3n) is 2.48. The standard InChI is InChI=1S/C11H15N3O/c1-14-10-6-4-3-5-8(10)11(13-14)9(12)7-15-2/h3-6,9H,7,12H2,1-2H3. The minimum absolute atomic E-state index is 0.166. The quantitative estimate of drug-likeness (QED) is 0.819. The Hall–Kier alpha value is -1.39. The van der Waals surface area contributed by atoms with Gasteiger partial charge in [0.25, 0.3) is 0 Å². The van der Waals surface area contributed by atoms with Crippen LogP contribution in [0.4, 0.5) is 0 Å². The zero-order valence-corrected chi connectivity index (χ0v) is 8.97. The topological polar surface area (TPSA) is 53.1 Å². The number of aryl methyl sites for hydroxylation is 1. The highest BCUT2D eigenvalue weighted by atomic mass is 16.5. The molecule has 2 aromatic rings. The molecule has 2 rings (SSSR count). The zero-order valence-electron chi connectivity index (χ0n) is 8.97. The van der Waals surface area contributed by atoms with Crippen LogP contribution in [0.25, 0.3) is 10.9 Å². The molecule has 1 aromatic carbocycles. The summed E-state index contributed by atoms with van der Waals surface area (Å²) in [5.41, 5.74) is 7.98. The first-order chi connectivity index (χ1) is 7.24. The fourth-order valence-electron chi connectivity index (χ4n) is 1.77. The number of para-hydroxylation sites is 1. The van der Waals surface area contributed by atoms with Crippen LogP contribution >= 0.6 is 0 Å². The van der Waals surface area contributed by atoms with Crippen LogP contribution in [-0.2, 0) is 11.8 Å². The number of rotatable bonds is 3. The van der Waals surface area contributed by atoms with Crippen LogP contribution < -0.4 is 5.73 Å². The van der Waals surface area contributed by atoms with Crippen LogP contribution in [0, 0.1) is 0 Å². The second-order valence-corrected chi connectivity index (χ2v) is 3.59. The van der Waals surface area contributed by atoms with Crippen LogP contribution in [0.1, 0.15) is 11.7 Å². The predicted octanol–water partition coefficient (Wildman–Crippen LogP) is 1.22. The lowest BCUT2D eigenvalue weighted by Gasteiger charge is -2.06. The van der Waals surface area contributed by atoms with Gasteiger partial charge in [0.05, 0.1) is 23.9 Å². The average molecular weight is 205 g/mol. The summed E-state index contributed by atoms with van der Waals surface area (Å²) >= 11 is 0. The summed E-state index contributed by atoms with van der Waals surface area (Å²) in [6.45, 7) is 0.487. The largest absolute Gasteiger partial charge is 0.383 e.